The SMILES string of the molecule is Cc1ccc(N(c2ccc([Si](C)(C)C)cc2)c2ccc3cc4c(cc3c2)oc2c4ccc3c4cc5ccc(N(c6ccc([Si](C)(C)C)cc6)c6ccc([Si](C)(C)C)cc6)cc5cc4oc32)cc1. The van der Waals surface area contributed by atoms with Gasteiger partial charge in [-0.25, -0.2) is 0 Å². The molecule has 0 saturated heterocycles. The van der Waals surface area contributed by atoms with Crippen LogP contribution in [0.5, 0.6) is 0 Å². The fraction of sp³-hybridized carbons (Fsp3) is 0.167. The minimum Gasteiger partial charge on any atom is -0.452 e. The molecular weight excluding hydrogens is 865 g/mol. The van der Waals surface area contributed by atoms with E-state index in [4.69, 9.17) is 8.83 Å². The van der Waals surface area contributed by atoms with E-state index >= 15 is 0 Å². The molecule has 11 rings (SSSR count). The van der Waals surface area contributed by atoms with Gasteiger partial charge in [-0.3, -0.25) is 0 Å². The summed E-state index contributed by atoms with van der Waals surface area (Å²) in [6.07, 6.45) is 0. The Labute approximate surface area is 397 Å². The van der Waals surface area contributed by atoms with Gasteiger partial charge in [-0.15, -0.1) is 0 Å². The van der Waals surface area contributed by atoms with E-state index in [0.29, 0.717) is 0 Å². The number of fused-ring (bicyclic) bond motifs is 9. The van der Waals surface area contributed by atoms with Crippen molar-refractivity contribution in [2.45, 2.75) is 65.8 Å². The molecule has 7 heteroatoms. The van der Waals surface area contributed by atoms with Crippen LogP contribution in [0.1, 0.15) is 5.56 Å². The Morgan fingerprint density at radius 2 is 0.612 bits per heavy atom. The van der Waals surface area contributed by atoms with Gasteiger partial charge in [0.1, 0.15) is 11.2 Å². The third-order valence-corrected chi connectivity index (χ3v) is 19.9. The van der Waals surface area contributed by atoms with Gasteiger partial charge >= 0.3 is 0 Å². The number of rotatable bonds is 9. The van der Waals surface area contributed by atoms with Crippen molar-refractivity contribution in [1.29, 1.82) is 0 Å². The topological polar surface area (TPSA) is 32.8 Å². The predicted molar refractivity (Wildman–Crippen MR) is 299 cm³/mol. The van der Waals surface area contributed by atoms with Crippen LogP contribution in [-0.2, 0) is 0 Å². The lowest BCUT2D eigenvalue weighted by molar-refractivity contribution is 0.634. The zero-order valence-corrected chi connectivity index (χ0v) is 43.4. The number of furan rings is 2. The third-order valence-electron chi connectivity index (χ3n) is 13.7. The van der Waals surface area contributed by atoms with Gasteiger partial charge < -0.3 is 18.6 Å². The second kappa shape index (κ2) is 15.7. The highest BCUT2D eigenvalue weighted by Gasteiger charge is 2.23. The molecule has 2 heterocycles. The first-order valence-corrected chi connectivity index (χ1v) is 34.1. The second-order valence-electron chi connectivity index (χ2n) is 21.7. The van der Waals surface area contributed by atoms with Crippen molar-refractivity contribution >= 4 is 139 Å². The smallest absolute Gasteiger partial charge is 0.178 e. The fourth-order valence-electron chi connectivity index (χ4n) is 9.73. The maximum absolute atomic E-state index is 6.84. The van der Waals surface area contributed by atoms with Gasteiger partial charge in [0.05, 0.1) is 24.2 Å². The van der Waals surface area contributed by atoms with E-state index in [1.54, 1.807) is 0 Å². The van der Waals surface area contributed by atoms with Crippen LogP contribution in [0.25, 0.3) is 65.4 Å². The molecule has 0 aliphatic rings. The summed E-state index contributed by atoms with van der Waals surface area (Å²) < 4.78 is 13.7. The fourth-order valence-corrected chi connectivity index (χ4v) is 13.2. The van der Waals surface area contributed by atoms with Crippen LogP contribution in [0.3, 0.4) is 0 Å². The largest absolute Gasteiger partial charge is 0.452 e. The summed E-state index contributed by atoms with van der Waals surface area (Å²) in [5.41, 5.74) is 11.3. The molecule has 0 aliphatic heterocycles. The van der Waals surface area contributed by atoms with Crippen LogP contribution in [0, 0.1) is 6.92 Å². The lowest BCUT2D eigenvalue weighted by Gasteiger charge is -2.28. The summed E-state index contributed by atoms with van der Waals surface area (Å²) >= 11 is 0. The Bertz CT molecular complexity index is 3620. The van der Waals surface area contributed by atoms with Crippen LogP contribution in [0.15, 0.2) is 179 Å². The van der Waals surface area contributed by atoms with E-state index in [-0.39, 0.29) is 0 Å². The second-order valence-corrected chi connectivity index (χ2v) is 36.9. The third kappa shape index (κ3) is 7.79. The summed E-state index contributed by atoms with van der Waals surface area (Å²) in [5.74, 6) is 0. The molecule has 11 aromatic rings. The standard InChI is InChI=1S/C60H58N2O2Si3/c1-39-11-15-44(16-12-39)61(45-19-25-50(26-20-45)65(2,3)4)48-17-13-40-35-55-53-31-32-54-56-36-41-14-18-49(34-43(41)38-58(56)64-60(54)59(53)63-57(55)37-42(40)33-48)62(46-21-27-51(28-22-46)66(5,6)7)47-23-29-52(30-24-47)67(8,9)10/h11-38H,1-10H3. The Kier molecular flexibility index (Phi) is 10.1. The van der Waals surface area contributed by atoms with E-state index in [2.05, 4.69) is 246 Å². The van der Waals surface area contributed by atoms with Gasteiger partial charge in [0.15, 0.2) is 11.2 Å². The van der Waals surface area contributed by atoms with Gasteiger partial charge in [0, 0.05) is 55.7 Å². The maximum atomic E-state index is 6.84. The lowest BCUT2D eigenvalue weighted by Crippen LogP contribution is -2.37. The zero-order valence-electron chi connectivity index (χ0n) is 40.4. The number of hydrogen-bond acceptors (Lipinski definition) is 4. The first-order valence-electron chi connectivity index (χ1n) is 23.6. The highest BCUT2D eigenvalue weighted by molar-refractivity contribution is 6.89. The van der Waals surface area contributed by atoms with Gasteiger partial charge in [0.25, 0.3) is 0 Å². The van der Waals surface area contributed by atoms with Crippen LogP contribution in [0.2, 0.25) is 58.9 Å². The molecule has 0 atom stereocenters. The summed E-state index contributed by atoms with van der Waals surface area (Å²) in [6, 6.07) is 63.4. The lowest BCUT2D eigenvalue weighted by atomic mass is 10.0. The first-order chi connectivity index (χ1) is 32.0. The zero-order chi connectivity index (χ0) is 46.6. The molecule has 0 amide bonds. The van der Waals surface area contributed by atoms with E-state index in [1.807, 2.05) is 0 Å². The van der Waals surface area contributed by atoms with E-state index in [9.17, 15) is 0 Å². The quantitative estimate of drug-likeness (QED) is 0.135. The van der Waals surface area contributed by atoms with Crippen LogP contribution >= 0.6 is 0 Å². The molecule has 67 heavy (non-hydrogen) atoms. The van der Waals surface area contributed by atoms with E-state index in [1.165, 1.54) is 26.5 Å². The summed E-state index contributed by atoms with van der Waals surface area (Å²) in [6.45, 7) is 23.8. The number of hydrogen-bond donors (Lipinski definition) is 0. The van der Waals surface area contributed by atoms with Crippen molar-refractivity contribution in [3.63, 3.8) is 0 Å². The Balaban J connectivity index is 0.997. The van der Waals surface area contributed by atoms with Crippen LogP contribution < -0.4 is 25.4 Å². The molecule has 0 saturated carbocycles. The van der Waals surface area contributed by atoms with Crippen molar-refractivity contribution in [3.05, 3.63) is 175 Å². The monoisotopic (exact) mass is 922 g/mol. The summed E-state index contributed by atoms with van der Waals surface area (Å²) in [5, 5.41) is 13.2. The molecule has 0 bridgehead atoms. The molecule has 0 aliphatic carbocycles. The minimum atomic E-state index is -1.46. The van der Waals surface area contributed by atoms with Gasteiger partial charge in [-0.05, 0) is 138 Å². The summed E-state index contributed by atoms with van der Waals surface area (Å²) in [7, 11) is -4.37. The minimum absolute atomic E-state index is 0.780. The summed E-state index contributed by atoms with van der Waals surface area (Å²) in [4.78, 5) is 4.75. The number of aryl methyl sites for hydroxylation is 1. The van der Waals surface area contributed by atoms with Crippen molar-refractivity contribution < 1.29 is 8.83 Å². The van der Waals surface area contributed by atoms with E-state index in [0.717, 1.165) is 94.2 Å². The Morgan fingerprint density at radius 1 is 0.299 bits per heavy atom. The van der Waals surface area contributed by atoms with Gasteiger partial charge in [-0.2, -0.15) is 0 Å². The van der Waals surface area contributed by atoms with Crippen molar-refractivity contribution in [2.24, 2.45) is 0 Å². The Hall–Kier alpha value is -6.65. The highest BCUT2D eigenvalue weighted by atomic mass is 28.3. The molecule has 9 aromatic carbocycles. The predicted octanol–water partition coefficient (Wildman–Crippen LogP) is 16.7. The molecule has 0 radical (unpaired) electrons. The Morgan fingerprint density at radius 3 is 0.940 bits per heavy atom. The number of anilines is 6. The first kappa shape index (κ1) is 43.0. The molecule has 0 spiro atoms. The average molecular weight is 923 g/mol. The molecule has 2 aromatic heterocycles. The molecular formula is C60H58N2O2Si3. The average Bonchev–Trinajstić information content (AvgIpc) is 3.85. The maximum Gasteiger partial charge on any atom is 0.178 e. The number of nitrogens with zero attached hydrogens (tertiary/aromatic N) is 2. The van der Waals surface area contributed by atoms with Gasteiger partial charge in [0.2, 0.25) is 0 Å². The van der Waals surface area contributed by atoms with Crippen molar-refractivity contribution in [3.8, 4) is 0 Å². The molecule has 0 unspecified atom stereocenters. The van der Waals surface area contributed by atoms with Crippen LogP contribution in [0.4, 0.5) is 34.1 Å². The normalized spacial score (nSPS) is 12.6. The highest BCUT2D eigenvalue weighted by Crippen LogP contribution is 2.43. The number of benzene rings is 9. The molecule has 0 fully saturated rings. The van der Waals surface area contributed by atoms with Crippen LogP contribution in [-0.4, -0.2) is 24.2 Å². The van der Waals surface area contributed by atoms with E-state index < -0.39 is 24.2 Å². The molecule has 332 valence electrons. The van der Waals surface area contributed by atoms with Gasteiger partial charge in [-0.1, -0.05) is 141 Å². The van der Waals surface area contributed by atoms with Crippen molar-refractivity contribution in [1.82, 2.24) is 0 Å². The van der Waals surface area contributed by atoms with Crippen molar-refractivity contribution in [2.75, 3.05) is 9.80 Å². The molecule has 4 nitrogen and oxygen atoms in total. The molecule has 0 N–H and O–H groups in total.